The molecule has 1 atom stereocenters. The number of ether oxygens (including phenoxy) is 1. The lowest BCUT2D eigenvalue weighted by molar-refractivity contribution is -0.384. The number of carbonyl (C=O) groups is 1. The van der Waals surface area contributed by atoms with Gasteiger partial charge in [-0.25, -0.2) is 14.8 Å². The summed E-state index contributed by atoms with van der Waals surface area (Å²) in [5.74, 6) is -1.05. The van der Waals surface area contributed by atoms with E-state index in [9.17, 15) is 14.9 Å². The van der Waals surface area contributed by atoms with Gasteiger partial charge in [0.25, 0.3) is 5.69 Å². The van der Waals surface area contributed by atoms with Gasteiger partial charge in [-0.2, -0.15) is 0 Å². The Morgan fingerprint density at radius 2 is 1.93 bits per heavy atom. The van der Waals surface area contributed by atoms with Crippen LogP contribution in [0.2, 0.25) is 0 Å². The molecule has 2 heterocycles. The molecule has 0 fully saturated rings. The molecule has 0 spiro atoms. The molecule has 0 bridgehead atoms. The zero-order valence-corrected chi connectivity index (χ0v) is 15.1. The summed E-state index contributed by atoms with van der Waals surface area (Å²) in [5, 5.41) is 14.4. The minimum absolute atomic E-state index is 0.0470. The van der Waals surface area contributed by atoms with E-state index in [2.05, 4.69) is 15.3 Å². The number of carbonyl (C=O) groups excluding carboxylic acids is 1. The van der Waals surface area contributed by atoms with Crippen molar-refractivity contribution in [2.75, 3.05) is 7.11 Å². The Kier molecular flexibility index (Phi) is 4.98. The molecule has 27 heavy (non-hydrogen) atoms. The van der Waals surface area contributed by atoms with Gasteiger partial charge in [-0.15, -0.1) is 0 Å². The van der Waals surface area contributed by atoms with Crippen molar-refractivity contribution in [3.8, 4) is 0 Å². The maximum Gasteiger partial charge on any atom is 0.336 e. The van der Waals surface area contributed by atoms with Crippen molar-refractivity contribution in [1.82, 2.24) is 15.3 Å². The lowest BCUT2D eigenvalue weighted by Gasteiger charge is -2.31. The van der Waals surface area contributed by atoms with Crippen LogP contribution in [0.15, 0.2) is 60.0 Å². The van der Waals surface area contributed by atoms with E-state index in [0.717, 1.165) is 11.3 Å². The number of hydrogen-bond donors (Lipinski definition) is 1. The Labute approximate surface area is 155 Å². The third-order valence-electron chi connectivity index (χ3n) is 4.45. The third kappa shape index (κ3) is 3.41. The molecule has 1 N–H and O–H groups in total. The van der Waals surface area contributed by atoms with Gasteiger partial charge in [-0.1, -0.05) is 12.1 Å². The standard InChI is InChI=1S/C19H18N4O4/c1-11-16(14-8-20-10-21-9-14)18(17(12(2)22-11)19(24)27-3)13-5-4-6-15(7-13)23(25)26/h4-10,18,22H,1-3H3. The second-order valence-corrected chi connectivity index (χ2v) is 6.11. The summed E-state index contributed by atoms with van der Waals surface area (Å²) in [6, 6.07) is 6.26. The van der Waals surface area contributed by atoms with E-state index in [0.29, 0.717) is 22.4 Å². The Bertz CT molecular complexity index is 967. The van der Waals surface area contributed by atoms with E-state index >= 15 is 0 Å². The van der Waals surface area contributed by atoms with Gasteiger partial charge in [0.05, 0.1) is 17.6 Å². The van der Waals surface area contributed by atoms with E-state index in [1.807, 2.05) is 6.92 Å². The van der Waals surface area contributed by atoms with Gasteiger partial charge in [0.1, 0.15) is 6.33 Å². The average molecular weight is 366 g/mol. The van der Waals surface area contributed by atoms with E-state index in [1.54, 1.807) is 31.5 Å². The van der Waals surface area contributed by atoms with Crippen LogP contribution >= 0.6 is 0 Å². The lowest BCUT2D eigenvalue weighted by atomic mass is 9.78. The first-order chi connectivity index (χ1) is 12.9. The molecule has 0 radical (unpaired) electrons. The van der Waals surface area contributed by atoms with Crippen LogP contribution in [0.25, 0.3) is 5.57 Å². The van der Waals surface area contributed by atoms with Gasteiger partial charge in [-0.05, 0) is 25.0 Å². The smallest absolute Gasteiger partial charge is 0.336 e. The highest BCUT2D eigenvalue weighted by Crippen LogP contribution is 2.43. The second kappa shape index (κ2) is 7.36. The van der Waals surface area contributed by atoms with Gasteiger partial charge >= 0.3 is 5.97 Å². The number of rotatable bonds is 4. The maximum atomic E-state index is 12.6. The number of benzene rings is 1. The Balaban J connectivity index is 2.26. The van der Waals surface area contributed by atoms with E-state index in [1.165, 1.54) is 25.6 Å². The Morgan fingerprint density at radius 3 is 2.56 bits per heavy atom. The molecule has 8 heteroatoms. The highest BCUT2D eigenvalue weighted by molar-refractivity contribution is 5.97. The number of allylic oxidation sites excluding steroid dienone is 3. The van der Waals surface area contributed by atoms with Crippen molar-refractivity contribution in [2.24, 2.45) is 0 Å². The monoisotopic (exact) mass is 366 g/mol. The summed E-state index contributed by atoms with van der Waals surface area (Å²) in [4.78, 5) is 31.5. The van der Waals surface area contributed by atoms with Crippen molar-refractivity contribution in [2.45, 2.75) is 19.8 Å². The fraction of sp³-hybridized carbons (Fsp3) is 0.211. The van der Waals surface area contributed by atoms with E-state index < -0.39 is 16.8 Å². The molecule has 8 nitrogen and oxygen atoms in total. The lowest BCUT2D eigenvalue weighted by Crippen LogP contribution is -2.28. The minimum Gasteiger partial charge on any atom is -0.466 e. The van der Waals surface area contributed by atoms with Crippen molar-refractivity contribution in [1.29, 1.82) is 0 Å². The topological polar surface area (TPSA) is 107 Å². The summed E-state index contributed by atoms with van der Waals surface area (Å²) in [6.45, 7) is 3.66. The number of nitrogens with zero attached hydrogens (tertiary/aromatic N) is 3. The zero-order valence-electron chi connectivity index (χ0n) is 15.1. The highest BCUT2D eigenvalue weighted by atomic mass is 16.6. The van der Waals surface area contributed by atoms with Crippen molar-refractivity contribution < 1.29 is 14.5 Å². The molecule has 0 saturated carbocycles. The summed E-state index contributed by atoms with van der Waals surface area (Å²) >= 11 is 0. The molecule has 0 amide bonds. The van der Waals surface area contributed by atoms with Crippen molar-refractivity contribution in [3.05, 3.63) is 81.2 Å². The quantitative estimate of drug-likeness (QED) is 0.503. The molecular weight excluding hydrogens is 348 g/mol. The maximum absolute atomic E-state index is 12.6. The Morgan fingerprint density at radius 1 is 1.22 bits per heavy atom. The summed E-state index contributed by atoms with van der Waals surface area (Å²) < 4.78 is 4.98. The van der Waals surface area contributed by atoms with Gasteiger partial charge in [-0.3, -0.25) is 10.1 Å². The molecule has 1 aliphatic rings. The molecule has 1 unspecified atom stereocenters. The largest absolute Gasteiger partial charge is 0.466 e. The van der Waals surface area contributed by atoms with Gasteiger partial charge in [0.2, 0.25) is 0 Å². The van der Waals surface area contributed by atoms with Gasteiger partial charge < -0.3 is 10.1 Å². The van der Waals surface area contributed by atoms with Crippen LogP contribution in [0.5, 0.6) is 0 Å². The highest BCUT2D eigenvalue weighted by Gasteiger charge is 2.35. The summed E-state index contributed by atoms with van der Waals surface area (Å²) in [5.41, 5.74) is 3.89. The van der Waals surface area contributed by atoms with Crippen LogP contribution in [0.4, 0.5) is 5.69 Å². The predicted octanol–water partition coefficient (Wildman–Crippen LogP) is 2.95. The fourth-order valence-electron chi connectivity index (χ4n) is 3.35. The average Bonchev–Trinajstić information content (AvgIpc) is 2.67. The summed E-state index contributed by atoms with van der Waals surface area (Å²) in [6.07, 6.45) is 4.71. The van der Waals surface area contributed by atoms with Crippen LogP contribution in [-0.2, 0) is 9.53 Å². The molecular formula is C19H18N4O4. The molecule has 1 aliphatic heterocycles. The molecule has 2 aromatic rings. The van der Waals surface area contributed by atoms with Crippen LogP contribution in [0, 0.1) is 10.1 Å². The molecule has 1 aromatic heterocycles. The van der Waals surface area contributed by atoms with Crippen molar-refractivity contribution >= 4 is 17.2 Å². The van der Waals surface area contributed by atoms with E-state index in [-0.39, 0.29) is 5.69 Å². The number of methoxy groups -OCH3 is 1. The second-order valence-electron chi connectivity index (χ2n) is 6.11. The summed E-state index contributed by atoms with van der Waals surface area (Å²) in [7, 11) is 1.31. The number of dihydropyridines is 1. The van der Waals surface area contributed by atoms with Gasteiger partial charge in [0.15, 0.2) is 0 Å². The number of nitrogens with one attached hydrogen (secondary N) is 1. The fourth-order valence-corrected chi connectivity index (χ4v) is 3.35. The third-order valence-corrected chi connectivity index (χ3v) is 4.45. The molecule has 0 saturated heterocycles. The number of aromatic nitrogens is 2. The zero-order chi connectivity index (χ0) is 19.6. The van der Waals surface area contributed by atoms with Crippen molar-refractivity contribution in [3.63, 3.8) is 0 Å². The first-order valence-electron chi connectivity index (χ1n) is 8.20. The van der Waals surface area contributed by atoms with Crippen LogP contribution in [-0.4, -0.2) is 28.0 Å². The van der Waals surface area contributed by atoms with E-state index in [4.69, 9.17) is 4.74 Å². The first-order valence-corrected chi connectivity index (χ1v) is 8.20. The molecule has 0 aliphatic carbocycles. The number of nitro groups is 1. The molecule has 3 rings (SSSR count). The molecule has 138 valence electrons. The molecule has 1 aromatic carbocycles. The minimum atomic E-state index is -0.551. The normalized spacial score (nSPS) is 16.8. The number of hydrogen-bond acceptors (Lipinski definition) is 7. The number of nitro benzene ring substituents is 1. The van der Waals surface area contributed by atoms with Crippen LogP contribution < -0.4 is 5.32 Å². The predicted molar refractivity (Wildman–Crippen MR) is 98.3 cm³/mol. The number of non-ortho nitro benzene ring substituents is 1. The van der Waals surface area contributed by atoms with Crippen LogP contribution in [0.3, 0.4) is 0 Å². The van der Waals surface area contributed by atoms with Gasteiger partial charge in [0, 0.05) is 47.4 Å². The number of esters is 1. The SMILES string of the molecule is COC(=O)C1=C(C)NC(C)=C(c2cncnc2)C1c1cccc([N+](=O)[O-])c1. The van der Waals surface area contributed by atoms with Crippen LogP contribution in [0.1, 0.15) is 30.9 Å². The first kappa shape index (κ1) is 18.2. The Hall–Kier alpha value is -3.55.